The Morgan fingerprint density at radius 3 is 2.43 bits per heavy atom. The van der Waals surface area contributed by atoms with Gasteiger partial charge in [-0.15, -0.1) is 0 Å². The molecule has 28 heavy (non-hydrogen) atoms. The highest BCUT2D eigenvalue weighted by Crippen LogP contribution is 2.36. The Bertz CT molecular complexity index is 1040. The maximum atomic E-state index is 12.9. The van der Waals surface area contributed by atoms with Crippen molar-refractivity contribution in [3.05, 3.63) is 52.0 Å². The zero-order valence-corrected chi connectivity index (χ0v) is 16.9. The maximum absolute atomic E-state index is 12.9. The topological polar surface area (TPSA) is 76.2 Å². The van der Waals surface area contributed by atoms with Gasteiger partial charge in [0.2, 0.25) is 16.8 Å². The summed E-state index contributed by atoms with van der Waals surface area (Å²) in [6.45, 7) is 0.977. The van der Waals surface area contributed by atoms with Gasteiger partial charge >= 0.3 is 0 Å². The van der Waals surface area contributed by atoms with E-state index in [1.165, 1.54) is 22.5 Å². The summed E-state index contributed by atoms with van der Waals surface area (Å²) in [5, 5.41) is 0.467. The summed E-state index contributed by atoms with van der Waals surface area (Å²) in [5.41, 5.74) is 0.413. The molecule has 2 aliphatic rings. The first kappa shape index (κ1) is 19.3. The number of carbonyl (C=O) groups is 1. The van der Waals surface area contributed by atoms with Gasteiger partial charge in [0.05, 0.1) is 20.5 Å². The van der Waals surface area contributed by atoms with Crippen LogP contribution < -0.4 is 9.47 Å². The lowest BCUT2D eigenvalue weighted by Crippen LogP contribution is -2.50. The Kier molecular flexibility index (Phi) is 5.13. The van der Waals surface area contributed by atoms with E-state index in [1.807, 2.05) is 0 Å². The van der Waals surface area contributed by atoms with Crippen LogP contribution in [0, 0.1) is 0 Å². The molecule has 0 saturated carbocycles. The van der Waals surface area contributed by atoms with Crippen LogP contribution in [0.25, 0.3) is 0 Å². The number of hydrogen-bond donors (Lipinski definition) is 0. The highest BCUT2D eigenvalue weighted by molar-refractivity contribution is 7.89. The standard InChI is InChI=1S/C18H16Cl2N2O5S/c19-14-5-4-12(10-15(14)20)28(24,25)22-8-6-21(7-9-22)18(23)13-2-1-3-16-17(13)27-11-26-16/h1-5,10H,6-9,11H2. The molecule has 2 aromatic carbocycles. The summed E-state index contributed by atoms with van der Waals surface area (Å²) in [5.74, 6) is 0.749. The van der Waals surface area contributed by atoms with Gasteiger partial charge in [0.1, 0.15) is 0 Å². The number of carbonyl (C=O) groups excluding carboxylic acids is 1. The molecule has 1 fully saturated rings. The molecule has 0 spiro atoms. The number of ether oxygens (including phenoxy) is 2. The van der Waals surface area contributed by atoms with Gasteiger partial charge in [-0.2, -0.15) is 4.31 Å². The first-order chi connectivity index (χ1) is 13.4. The van der Waals surface area contributed by atoms with E-state index in [-0.39, 0.29) is 53.8 Å². The maximum Gasteiger partial charge on any atom is 0.257 e. The third kappa shape index (κ3) is 3.41. The van der Waals surface area contributed by atoms with Crippen LogP contribution >= 0.6 is 23.2 Å². The van der Waals surface area contributed by atoms with Crippen LogP contribution in [0.4, 0.5) is 0 Å². The third-order valence-electron chi connectivity index (χ3n) is 4.68. The van der Waals surface area contributed by atoms with E-state index >= 15 is 0 Å². The normalized spacial score (nSPS) is 17.0. The smallest absolute Gasteiger partial charge is 0.257 e. The second-order valence-electron chi connectivity index (χ2n) is 6.31. The first-order valence-corrected chi connectivity index (χ1v) is 10.7. The molecule has 148 valence electrons. The van der Waals surface area contributed by atoms with Crippen molar-refractivity contribution in [2.24, 2.45) is 0 Å². The molecule has 0 radical (unpaired) electrons. The van der Waals surface area contributed by atoms with E-state index in [9.17, 15) is 13.2 Å². The van der Waals surface area contributed by atoms with E-state index in [4.69, 9.17) is 32.7 Å². The minimum absolute atomic E-state index is 0.0769. The predicted molar refractivity (Wildman–Crippen MR) is 104 cm³/mol. The lowest BCUT2D eigenvalue weighted by atomic mass is 10.1. The molecule has 0 aromatic heterocycles. The Balaban J connectivity index is 1.48. The third-order valence-corrected chi connectivity index (χ3v) is 7.32. The molecule has 2 aromatic rings. The van der Waals surface area contributed by atoms with Gasteiger partial charge in [0, 0.05) is 26.2 Å². The van der Waals surface area contributed by atoms with Gasteiger partial charge in [0.25, 0.3) is 5.91 Å². The highest BCUT2D eigenvalue weighted by Gasteiger charge is 2.32. The van der Waals surface area contributed by atoms with Crippen LogP contribution in [0.1, 0.15) is 10.4 Å². The number of nitrogens with zero attached hydrogens (tertiary/aromatic N) is 2. The van der Waals surface area contributed by atoms with Crippen LogP contribution in [-0.4, -0.2) is 56.5 Å². The largest absolute Gasteiger partial charge is 0.454 e. The van der Waals surface area contributed by atoms with Crippen LogP contribution in [0.3, 0.4) is 0 Å². The first-order valence-electron chi connectivity index (χ1n) is 8.51. The number of fused-ring (bicyclic) bond motifs is 1. The van der Waals surface area contributed by atoms with Crippen molar-refractivity contribution in [1.29, 1.82) is 0 Å². The van der Waals surface area contributed by atoms with Crippen LogP contribution in [0.15, 0.2) is 41.3 Å². The molecule has 0 atom stereocenters. The number of sulfonamides is 1. The molecule has 7 nitrogen and oxygen atoms in total. The van der Waals surface area contributed by atoms with Gasteiger partial charge in [-0.25, -0.2) is 8.42 Å². The van der Waals surface area contributed by atoms with Crippen LogP contribution in [-0.2, 0) is 10.0 Å². The Hall–Kier alpha value is -2.00. The summed E-state index contributed by atoms with van der Waals surface area (Å²) in [6, 6.07) is 9.35. The van der Waals surface area contributed by atoms with E-state index < -0.39 is 10.0 Å². The second kappa shape index (κ2) is 7.44. The average molecular weight is 443 g/mol. The van der Waals surface area contributed by atoms with Crippen molar-refractivity contribution in [3.63, 3.8) is 0 Å². The van der Waals surface area contributed by atoms with Gasteiger partial charge in [-0.05, 0) is 30.3 Å². The molecule has 0 aliphatic carbocycles. The molecular weight excluding hydrogens is 427 g/mol. The van der Waals surface area contributed by atoms with Gasteiger partial charge < -0.3 is 14.4 Å². The summed E-state index contributed by atoms with van der Waals surface area (Å²) >= 11 is 11.8. The van der Waals surface area contributed by atoms with Crippen molar-refractivity contribution >= 4 is 39.1 Å². The lowest BCUT2D eigenvalue weighted by Gasteiger charge is -2.34. The average Bonchev–Trinajstić information content (AvgIpc) is 3.18. The van der Waals surface area contributed by atoms with Crippen molar-refractivity contribution in [2.45, 2.75) is 4.90 Å². The number of halogens is 2. The fraction of sp³-hybridized carbons (Fsp3) is 0.278. The van der Waals surface area contributed by atoms with E-state index in [0.717, 1.165) is 0 Å². The predicted octanol–water partition coefficient (Wildman–Crippen LogP) is 2.87. The van der Waals surface area contributed by atoms with Crippen molar-refractivity contribution in [1.82, 2.24) is 9.21 Å². The van der Waals surface area contributed by atoms with Crippen LogP contribution in [0.2, 0.25) is 10.0 Å². The quantitative estimate of drug-likeness (QED) is 0.730. The van der Waals surface area contributed by atoms with E-state index in [0.29, 0.717) is 17.1 Å². The Morgan fingerprint density at radius 1 is 0.964 bits per heavy atom. The number of para-hydroxylation sites is 1. The van der Waals surface area contributed by atoms with Gasteiger partial charge in [-0.1, -0.05) is 29.3 Å². The Labute approximate surface area is 172 Å². The number of rotatable bonds is 3. The molecule has 4 rings (SSSR count). The van der Waals surface area contributed by atoms with Crippen molar-refractivity contribution < 1.29 is 22.7 Å². The molecule has 10 heteroatoms. The van der Waals surface area contributed by atoms with E-state index in [1.54, 1.807) is 23.1 Å². The minimum atomic E-state index is -3.72. The summed E-state index contributed by atoms with van der Waals surface area (Å²) in [7, 11) is -3.72. The molecule has 2 aliphatic heterocycles. The zero-order valence-electron chi connectivity index (χ0n) is 14.6. The highest BCUT2D eigenvalue weighted by atomic mass is 35.5. The molecular formula is C18H16Cl2N2O5S. The number of piperazine rings is 1. The SMILES string of the molecule is O=C(c1cccc2c1OCO2)N1CCN(S(=O)(=O)c2ccc(Cl)c(Cl)c2)CC1. The summed E-state index contributed by atoms with van der Waals surface area (Å²) < 4.78 is 37.7. The Morgan fingerprint density at radius 2 is 1.71 bits per heavy atom. The number of benzene rings is 2. The monoisotopic (exact) mass is 442 g/mol. The van der Waals surface area contributed by atoms with E-state index in [2.05, 4.69) is 0 Å². The van der Waals surface area contributed by atoms with Crippen molar-refractivity contribution in [3.8, 4) is 11.5 Å². The molecule has 0 unspecified atom stereocenters. The molecule has 2 heterocycles. The molecule has 1 amide bonds. The second-order valence-corrected chi connectivity index (χ2v) is 9.06. The molecule has 0 bridgehead atoms. The summed E-state index contributed by atoms with van der Waals surface area (Å²) in [6.07, 6.45) is 0. The van der Waals surface area contributed by atoms with Crippen molar-refractivity contribution in [2.75, 3.05) is 33.0 Å². The van der Waals surface area contributed by atoms with Gasteiger partial charge in [-0.3, -0.25) is 4.79 Å². The fourth-order valence-electron chi connectivity index (χ4n) is 3.19. The summed E-state index contributed by atoms with van der Waals surface area (Å²) in [4.78, 5) is 14.5. The lowest BCUT2D eigenvalue weighted by molar-refractivity contribution is 0.0693. The molecule has 0 N–H and O–H groups in total. The van der Waals surface area contributed by atoms with Gasteiger partial charge in [0.15, 0.2) is 11.5 Å². The minimum Gasteiger partial charge on any atom is -0.454 e. The van der Waals surface area contributed by atoms with Crippen LogP contribution in [0.5, 0.6) is 11.5 Å². The molecule has 1 saturated heterocycles. The number of hydrogen-bond acceptors (Lipinski definition) is 5. The fourth-order valence-corrected chi connectivity index (χ4v) is 5.00. The number of amides is 1. The zero-order chi connectivity index (χ0) is 19.9.